The van der Waals surface area contributed by atoms with Gasteiger partial charge in [-0.25, -0.2) is 0 Å². The standard InChI is InChI=1S/C21H30O3/c1-4-16(8-11-20-21(3,5-2)24-20)12-14-22-18-10-9-17-7-6-13-23-19(17)15-18/h9-10,12,15,20H,4-8,11,13-14H2,1-3H3. The van der Waals surface area contributed by atoms with Crippen molar-refractivity contribution in [2.24, 2.45) is 0 Å². The average Bonchev–Trinajstić information content (AvgIpc) is 3.28. The SMILES string of the molecule is CCC(=CCOc1ccc2c(c1)OCCC2)CCC1OC1(C)CC. The highest BCUT2D eigenvalue weighted by Gasteiger charge is 2.49. The number of hydrogen-bond acceptors (Lipinski definition) is 3. The molecule has 0 spiro atoms. The van der Waals surface area contributed by atoms with Gasteiger partial charge in [0.05, 0.1) is 18.3 Å². The minimum Gasteiger partial charge on any atom is -0.493 e. The van der Waals surface area contributed by atoms with E-state index in [4.69, 9.17) is 14.2 Å². The smallest absolute Gasteiger partial charge is 0.126 e. The summed E-state index contributed by atoms with van der Waals surface area (Å²) >= 11 is 0. The first kappa shape index (κ1) is 17.3. The van der Waals surface area contributed by atoms with E-state index in [1.54, 1.807) is 0 Å². The van der Waals surface area contributed by atoms with Crippen molar-refractivity contribution < 1.29 is 14.2 Å². The molecule has 0 N–H and O–H groups in total. The summed E-state index contributed by atoms with van der Waals surface area (Å²) in [4.78, 5) is 0. The van der Waals surface area contributed by atoms with Crippen LogP contribution >= 0.6 is 0 Å². The van der Waals surface area contributed by atoms with E-state index in [1.807, 2.05) is 6.07 Å². The Morgan fingerprint density at radius 2 is 2.25 bits per heavy atom. The van der Waals surface area contributed by atoms with Crippen molar-refractivity contribution >= 4 is 0 Å². The van der Waals surface area contributed by atoms with Crippen LogP contribution in [0.25, 0.3) is 0 Å². The quantitative estimate of drug-likeness (QED) is 0.492. The second-order valence-corrected chi connectivity index (χ2v) is 7.06. The molecule has 0 saturated carbocycles. The van der Waals surface area contributed by atoms with E-state index in [2.05, 4.69) is 39.0 Å². The third-order valence-corrected chi connectivity index (χ3v) is 5.43. The number of epoxide rings is 1. The van der Waals surface area contributed by atoms with Gasteiger partial charge in [0.25, 0.3) is 0 Å². The van der Waals surface area contributed by atoms with Crippen LogP contribution in [0.2, 0.25) is 0 Å². The lowest BCUT2D eigenvalue weighted by Crippen LogP contribution is -2.08. The van der Waals surface area contributed by atoms with Crippen LogP contribution in [0, 0.1) is 0 Å². The van der Waals surface area contributed by atoms with Gasteiger partial charge in [-0.2, -0.15) is 0 Å². The van der Waals surface area contributed by atoms with Crippen LogP contribution in [-0.2, 0) is 11.2 Å². The fourth-order valence-corrected chi connectivity index (χ4v) is 3.37. The number of benzene rings is 1. The van der Waals surface area contributed by atoms with Crippen molar-refractivity contribution in [1.29, 1.82) is 0 Å². The van der Waals surface area contributed by atoms with E-state index in [-0.39, 0.29) is 5.60 Å². The Morgan fingerprint density at radius 1 is 1.38 bits per heavy atom. The predicted octanol–water partition coefficient (Wildman–Crippen LogP) is 5.07. The molecule has 1 fully saturated rings. The van der Waals surface area contributed by atoms with Crippen molar-refractivity contribution in [3.63, 3.8) is 0 Å². The number of hydrogen-bond donors (Lipinski definition) is 0. The minimum absolute atomic E-state index is 0.137. The second-order valence-electron chi connectivity index (χ2n) is 7.06. The molecule has 3 heteroatoms. The lowest BCUT2D eigenvalue weighted by molar-refractivity contribution is 0.284. The molecule has 1 aromatic carbocycles. The van der Waals surface area contributed by atoms with Crippen molar-refractivity contribution in [2.45, 2.75) is 71.0 Å². The molecular weight excluding hydrogens is 300 g/mol. The van der Waals surface area contributed by atoms with Crippen LogP contribution in [0.1, 0.15) is 58.4 Å². The molecule has 2 atom stereocenters. The van der Waals surface area contributed by atoms with Gasteiger partial charge in [-0.15, -0.1) is 0 Å². The van der Waals surface area contributed by atoms with Gasteiger partial charge < -0.3 is 14.2 Å². The maximum Gasteiger partial charge on any atom is 0.126 e. The summed E-state index contributed by atoms with van der Waals surface area (Å²) in [6, 6.07) is 6.21. The van der Waals surface area contributed by atoms with Crippen LogP contribution < -0.4 is 9.47 Å². The Morgan fingerprint density at radius 3 is 3.00 bits per heavy atom. The molecule has 2 aliphatic rings. The maximum atomic E-state index is 5.90. The summed E-state index contributed by atoms with van der Waals surface area (Å²) in [6.45, 7) is 8.07. The van der Waals surface area contributed by atoms with Crippen LogP contribution in [0.5, 0.6) is 11.5 Å². The summed E-state index contributed by atoms with van der Waals surface area (Å²) in [5.74, 6) is 1.88. The van der Waals surface area contributed by atoms with Gasteiger partial charge in [0.15, 0.2) is 0 Å². The number of allylic oxidation sites excluding steroid dienone is 1. The third-order valence-electron chi connectivity index (χ3n) is 5.43. The van der Waals surface area contributed by atoms with Crippen LogP contribution in [-0.4, -0.2) is 24.9 Å². The Kier molecular flexibility index (Phi) is 5.50. The fraction of sp³-hybridized carbons (Fsp3) is 0.619. The van der Waals surface area contributed by atoms with E-state index in [9.17, 15) is 0 Å². The highest BCUT2D eigenvalue weighted by molar-refractivity contribution is 5.41. The van der Waals surface area contributed by atoms with Gasteiger partial charge in [0, 0.05) is 6.07 Å². The van der Waals surface area contributed by atoms with Gasteiger partial charge in [-0.3, -0.25) is 0 Å². The van der Waals surface area contributed by atoms with Crippen molar-refractivity contribution in [1.82, 2.24) is 0 Å². The largest absolute Gasteiger partial charge is 0.493 e. The molecule has 1 aromatic rings. The zero-order valence-electron chi connectivity index (χ0n) is 15.3. The molecule has 24 heavy (non-hydrogen) atoms. The van der Waals surface area contributed by atoms with E-state index in [0.717, 1.165) is 56.6 Å². The first-order valence-corrected chi connectivity index (χ1v) is 9.39. The molecule has 2 heterocycles. The Hall–Kier alpha value is -1.48. The number of fused-ring (bicyclic) bond motifs is 1. The van der Waals surface area contributed by atoms with Crippen molar-refractivity contribution in [2.75, 3.05) is 13.2 Å². The third kappa shape index (κ3) is 4.13. The Bertz CT molecular complexity index is 593. The van der Waals surface area contributed by atoms with Crippen molar-refractivity contribution in [3.05, 3.63) is 35.4 Å². The molecule has 0 bridgehead atoms. The van der Waals surface area contributed by atoms with E-state index >= 15 is 0 Å². The highest BCUT2D eigenvalue weighted by Crippen LogP contribution is 2.42. The molecule has 0 amide bonds. The zero-order valence-corrected chi connectivity index (χ0v) is 15.3. The molecule has 0 aromatic heterocycles. The zero-order chi connectivity index (χ0) is 17.0. The average molecular weight is 330 g/mol. The summed E-state index contributed by atoms with van der Waals surface area (Å²) in [7, 11) is 0. The number of rotatable bonds is 8. The molecule has 3 nitrogen and oxygen atoms in total. The summed E-state index contributed by atoms with van der Waals surface area (Å²) in [6.07, 6.45) is 9.29. The van der Waals surface area contributed by atoms with Gasteiger partial charge >= 0.3 is 0 Å². The predicted molar refractivity (Wildman–Crippen MR) is 96.9 cm³/mol. The van der Waals surface area contributed by atoms with Gasteiger partial charge in [-0.05, 0) is 63.2 Å². The molecule has 0 radical (unpaired) electrons. The van der Waals surface area contributed by atoms with Crippen LogP contribution in [0.4, 0.5) is 0 Å². The molecule has 1 saturated heterocycles. The van der Waals surface area contributed by atoms with Crippen LogP contribution in [0.15, 0.2) is 29.8 Å². The van der Waals surface area contributed by atoms with Crippen molar-refractivity contribution in [3.8, 4) is 11.5 Å². The normalized spacial score (nSPS) is 25.8. The highest BCUT2D eigenvalue weighted by atomic mass is 16.6. The molecule has 2 aliphatic heterocycles. The summed E-state index contributed by atoms with van der Waals surface area (Å²) < 4.78 is 17.4. The van der Waals surface area contributed by atoms with Gasteiger partial charge in [0.2, 0.25) is 0 Å². The lowest BCUT2D eigenvalue weighted by atomic mass is 9.98. The van der Waals surface area contributed by atoms with Gasteiger partial charge in [0.1, 0.15) is 18.1 Å². The topological polar surface area (TPSA) is 31.0 Å². The molecular formula is C21H30O3. The monoisotopic (exact) mass is 330 g/mol. The molecule has 132 valence electrons. The molecule has 0 aliphatic carbocycles. The number of aryl methyl sites for hydroxylation is 1. The number of ether oxygens (including phenoxy) is 3. The molecule has 3 rings (SSSR count). The lowest BCUT2D eigenvalue weighted by Gasteiger charge is -2.17. The van der Waals surface area contributed by atoms with E-state index in [0.29, 0.717) is 12.7 Å². The summed E-state index contributed by atoms with van der Waals surface area (Å²) in [5.41, 5.74) is 2.89. The Balaban J connectivity index is 1.47. The first-order valence-electron chi connectivity index (χ1n) is 9.39. The minimum atomic E-state index is 0.137. The van der Waals surface area contributed by atoms with Crippen LogP contribution in [0.3, 0.4) is 0 Å². The molecule has 2 unspecified atom stereocenters. The van der Waals surface area contributed by atoms with E-state index in [1.165, 1.54) is 11.1 Å². The Labute approximate surface area is 146 Å². The van der Waals surface area contributed by atoms with E-state index < -0.39 is 0 Å². The summed E-state index contributed by atoms with van der Waals surface area (Å²) in [5, 5.41) is 0. The maximum absolute atomic E-state index is 5.90. The second kappa shape index (κ2) is 7.60. The first-order chi connectivity index (χ1) is 11.6. The van der Waals surface area contributed by atoms with Gasteiger partial charge in [-0.1, -0.05) is 25.5 Å². The fourth-order valence-electron chi connectivity index (χ4n) is 3.37.